The molecule has 0 unspecified atom stereocenters. The van der Waals surface area contributed by atoms with Crippen LogP contribution >= 0.6 is 24.8 Å². The standard InChI is InChI=1S/C21H33N3O2.2ClH/c1-3-23(4-2)15-16-26-19-7-5-18(6-8-19)20(25)24-13-10-21(11-14-24)9-12-22-17-21;;/h5-8,22H,3-4,9-17H2,1-2H3;2*1H. The zero-order valence-electron chi connectivity index (χ0n) is 17.1. The maximum atomic E-state index is 12.8. The lowest BCUT2D eigenvalue weighted by atomic mass is 9.78. The molecule has 0 aromatic heterocycles. The summed E-state index contributed by atoms with van der Waals surface area (Å²) >= 11 is 0. The quantitative estimate of drug-likeness (QED) is 0.717. The normalized spacial score (nSPS) is 17.9. The van der Waals surface area contributed by atoms with Gasteiger partial charge in [0.25, 0.3) is 5.91 Å². The Morgan fingerprint density at radius 1 is 1.11 bits per heavy atom. The highest BCUT2D eigenvalue weighted by Crippen LogP contribution is 2.37. The Morgan fingerprint density at radius 3 is 2.29 bits per heavy atom. The zero-order valence-corrected chi connectivity index (χ0v) is 18.7. The van der Waals surface area contributed by atoms with Gasteiger partial charge in [-0.2, -0.15) is 0 Å². The van der Waals surface area contributed by atoms with Gasteiger partial charge in [0.1, 0.15) is 12.4 Å². The molecular weight excluding hydrogens is 397 g/mol. The van der Waals surface area contributed by atoms with E-state index in [4.69, 9.17) is 4.74 Å². The highest BCUT2D eigenvalue weighted by atomic mass is 35.5. The van der Waals surface area contributed by atoms with E-state index in [1.54, 1.807) is 0 Å². The molecule has 0 saturated carbocycles. The predicted molar refractivity (Wildman–Crippen MR) is 119 cm³/mol. The third kappa shape index (κ3) is 6.24. The topological polar surface area (TPSA) is 44.8 Å². The Kier molecular flexibility index (Phi) is 10.6. The van der Waals surface area contributed by atoms with Crippen LogP contribution in [0.15, 0.2) is 24.3 Å². The van der Waals surface area contributed by atoms with Gasteiger partial charge in [0.15, 0.2) is 0 Å². The molecule has 0 bridgehead atoms. The molecule has 2 fully saturated rings. The van der Waals surface area contributed by atoms with Crippen LogP contribution in [-0.4, -0.2) is 68.1 Å². The van der Waals surface area contributed by atoms with Gasteiger partial charge in [0.2, 0.25) is 0 Å². The van der Waals surface area contributed by atoms with E-state index < -0.39 is 0 Å². The first-order valence-corrected chi connectivity index (χ1v) is 10.1. The number of likely N-dealkylation sites (tertiary alicyclic amines) is 1. The minimum atomic E-state index is 0. The van der Waals surface area contributed by atoms with Gasteiger partial charge in [-0.05, 0) is 68.6 Å². The molecule has 0 aliphatic carbocycles. The van der Waals surface area contributed by atoms with E-state index in [0.717, 1.165) is 70.0 Å². The fourth-order valence-corrected chi connectivity index (χ4v) is 4.12. The van der Waals surface area contributed by atoms with Crippen LogP contribution in [0.5, 0.6) is 5.75 Å². The van der Waals surface area contributed by atoms with Gasteiger partial charge in [-0.3, -0.25) is 4.79 Å². The largest absolute Gasteiger partial charge is 0.492 e. The average molecular weight is 432 g/mol. The number of hydrogen-bond donors (Lipinski definition) is 1. The molecule has 1 amide bonds. The fourth-order valence-electron chi connectivity index (χ4n) is 4.12. The third-order valence-electron chi connectivity index (χ3n) is 6.12. The molecule has 5 nitrogen and oxygen atoms in total. The van der Waals surface area contributed by atoms with E-state index in [1.807, 2.05) is 29.2 Å². The monoisotopic (exact) mass is 431 g/mol. The number of halogens is 2. The number of benzene rings is 1. The van der Waals surface area contributed by atoms with Crippen molar-refractivity contribution in [2.75, 3.05) is 52.4 Å². The van der Waals surface area contributed by atoms with E-state index in [1.165, 1.54) is 6.42 Å². The molecule has 7 heteroatoms. The first kappa shape index (κ1) is 25.0. The van der Waals surface area contributed by atoms with E-state index >= 15 is 0 Å². The van der Waals surface area contributed by atoms with Gasteiger partial charge >= 0.3 is 0 Å². The highest BCUT2D eigenvalue weighted by Gasteiger charge is 2.38. The molecular formula is C21H35Cl2N3O2. The summed E-state index contributed by atoms with van der Waals surface area (Å²) in [6.07, 6.45) is 3.51. The summed E-state index contributed by atoms with van der Waals surface area (Å²) in [7, 11) is 0. The molecule has 2 aliphatic heterocycles. The second kappa shape index (κ2) is 11.9. The first-order valence-electron chi connectivity index (χ1n) is 10.1. The van der Waals surface area contributed by atoms with Gasteiger partial charge in [0, 0.05) is 31.7 Å². The summed E-state index contributed by atoms with van der Waals surface area (Å²) in [6.45, 7) is 12.0. The summed E-state index contributed by atoms with van der Waals surface area (Å²) in [5.74, 6) is 0.990. The summed E-state index contributed by atoms with van der Waals surface area (Å²) in [6, 6.07) is 7.64. The number of nitrogens with zero attached hydrogens (tertiary/aromatic N) is 2. The van der Waals surface area contributed by atoms with Gasteiger partial charge < -0.3 is 19.9 Å². The number of carbonyl (C=O) groups excluding carboxylic acids is 1. The summed E-state index contributed by atoms with van der Waals surface area (Å²) in [5, 5.41) is 3.48. The smallest absolute Gasteiger partial charge is 0.253 e. The molecule has 1 aromatic rings. The number of ether oxygens (including phenoxy) is 1. The van der Waals surface area contributed by atoms with Crippen molar-refractivity contribution in [3.8, 4) is 5.75 Å². The van der Waals surface area contributed by atoms with Crippen LogP contribution < -0.4 is 10.1 Å². The van der Waals surface area contributed by atoms with Crippen molar-refractivity contribution in [1.82, 2.24) is 15.1 Å². The number of rotatable bonds is 7. The maximum absolute atomic E-state index is 12.8. The van der Waals surface area contributed by atoms with E-state index in [2.05, 4.69) is 24.1 Å². The Morgan fingerprint density at radius 2 is 1.75 bits per heavy atom. The lowest BCUT2D eigenvalue weighted by molar-refractivity contribution is 0.0607. The number of likely N-dealkylation sites (N-methyl/N-ethyl adjacent to an activating group) is 1. The van der Waals surface area contributed by atoms with Crippen molar-refractivity contribution in [2.24, 2.45) is 5.41 Å². The second-order valence-corrected chi connectivity index (χ2v) is 7.62. The number of carbonyl (C=O) groups is 1. The molecule has 1 spiro atoms. The minimum absolute atomic E-state index is 0. The Labute approximate surface area is 182 Å². The van der Waals surface area contributed by atoms with Crippen LogP contribution in [0.25, 0.3) is 0 Å². The summed E-state index contributed by atoms with van der Waals surface area (Å²) in [5.41, 5.74) is 1.21. The van der Waals surface area contributed by atoms with Crippen molar-refractivity contribution in [3.63, 3.8) is 0 Å². The van der Waals surface area contributed by atoms with E-state index in [9.17, 15) is 4.79 Å². The van der Waals surface area contributed by atoms with Crippen LogP contribution in [-0.2, 0) is 0 Å². The maximum Gasteiger partial charge on any atom is 0.253 e. The van der Waals surface area contributed by atoms with Crippen molar-refractivity contribution in [3.05, 3.63) is 29.8 Å². The molecule has 160 valence electrons. The van der Waals surface area contributed by atoms with Crippen LogP contribution in [0, 0.1) is 5.41 Å². The van der Waals surface area contributed by atoms with E-state index in [0.29, 0.717) is 12.0 Å². The van der Waals surface area contributed by atoms with Crippen molar-refractivity contribution in [1.29, 1.82) is 0 Å². The van der Waals surface area contributed by atoms with Gasteiger partial charge in [-0.15, -0.1) is 24.8 Å². The first-order chi connectivity index (χ1) is 12.7. The highest BCUT2D eigenvalue weighted by molar-refractivity contribution is 5.94. The molecule has 1 aromatic carbocycles. The average Bonchev–Trinajstić information content (AvgIpc) is 3.14. The van der Waals surface area contributed by atoms with Crippen molar-refractivity contribution < 1.29 is 9.53 Å². The van der Waals surface area contributed by atoms with Crippen LogP contribution in [0.1, 0.15) is 43.5 Å². The minimum Gasteiger partial charge on any atom is -0.492 e. The molecule has 0 radical (unpaired) electrons. The molecule has 2 heterocycles. The third-order valence-corrected chi connectivity index (χ3v) is 6.12. The Hall–Kier alpha value is -1.01. The molecule has 1 N–H and O–H groups in total. The Bertz CT molecular complexity index is 578. The lowest BCUT2D eigenvalue weighted by Crippen LogP contribution is -2.44. The number of nitrogens with one attached hydrogen (secondary N) is 1. The predicted octanol–water partition coefficient (Wildman–Crippen LogP) is 3.47. The van der Waals surface area contributed by atoms with Crippen LogP contribution in [0.2, 0.25) is 0 Å². The number of hydrogen-bond acceptors (Lipinski definition) is 4. The molecule has 0 atom stereocenters. The second-order valence-electron chi connectivity index (χ2n) is 7.62. The molecule has 28 heavy (non-hydrogen) atoms. The zero-order chi connectivity index (χ0) is 18.4. The summed E-state index contributed by atoms with van der Waals surface area (Å²) in [4.78, 5) is 17.1. The van der Waals surface area contributed by atoms with Crippen LogP contribution in [0.3, 0.4) is 0 Å². The SMILES string of the molecule is CCN(CC)CCOc1ccc(C(=O)N2CCC3(CCNC3)CC2)cc1.Cl.Cl. The van der Waals surface area contributed by atoms with Crippen molar-refractivity contribution in [2.45, 2.75) is 33.1 Å². The van der Waals surface area contributed by atoms with Gasteiger partial charge in [-0.1, -0.05) is 13.8 Å². The van der Waals surface area contributed by atoms with Gasteiger partial charge in [-0.25, -0.2) is 0 Å². The summed E-state index contributed by atoms with van der Waals surface area (Å²) < 4.78 is 5.81. The van der Waals surface area contributed by atoms with E-state index in [-0.39, 0.29) is 30.7 Å². The Balaban J connectivity index is 0.00000196. The fraction of sp³-hybridized carbons (Fsp3) is 0.667. The van der Waals surface area contributed by atoms with Crippen molar-refractivity contribution >= 4 is 30.7 Å². The molecule has 3 rings (SSSR count). The van der Waals surface area contributed by atoms with Gasteiger partial charge in [0.05, 0.1) is 0 Å². The lowest BCUT2D eigenvalue weighted by Gasteiger charge is -2.38. The number of piperidine rings is 1. The number of amides is 1. The molecule has 2 aliphatic rings. The molecule has 2 saturated heterocycles. The van der Waals surface area contributed by atoms with Crippen LogP contribution in [0.4, 0.5) is 0 Å².